The number of nitrogens with two attached hydrogens (primary N) is 1. The van der Waals surface area contributed by atoms with Crippen molar-refractivity contribution in [3.8, 4) is 5.75 Å². The molecule has 0 bridgehead atoms. The van der Waals surface area contributed by atoms with Crippen LogP contribution >= 0.6 is 23.4 Å². The number of halogens is 1. The van der Waals surface area contributed by atoms with Crippen LogP contribution in [-0.2, 0) is 20.7 Å². The van der Waals surface area contributed by atoms with Crippen molar-refractivity contribution in [1.29, 1.82) is 0 Å². The van der Waals surface area contributed by atoms with Crippen molar-refractivity contribution in [2.75, 3.05) is 11.5 Å². The number of benzene rings is 1. The molecule has 12 heteroatoms. The lowest BCUT2D eigenvalue weighted by Crippen LogP contribution is -2.41. The Labute approximate surface area is 192 Å². The number of Topliss-reactive ketones (excluding diaryl/α,β-unsaturated/α-hetero) is 1. The lowest BCUT2D eigenvalue weighted by molar-refractivity contribution is 0.102. The summed E-state index contributed by atoms with van der Waals surface area (Å²) in [5.41, 5.74) is 4.37. The zero-order valence-electron chi connectivity index (χ0n) is 17.4. The highest BCUT2D eigenvalue weighted by Gasteiger charge is 2.30. The minimum atomic E-state index is -0.714. The van der Waals surface area contributed by atoms with Gasteiger partial charge in [-0.3, -0.25) is 23.3 Å². The highest BCUT2D eigenvalue weighted by molar-refractivity contribution is 7.99. The molecular formula is C20H21ClN6O4S. The van der Waals surface area contributed by atoms with Gasteiger partial charge in [0.25, 0.3) is 5.56 Å². The zero-order chi connectivity index (χ0) is 23.0. The lowest BCUT2D eigenvalue weighted by atomic mass is 10.2. The van der Waals surface area contributed by atoms with E-state index in [1.54, 1.807) is 12.1 Å². The number of hydrogen-bond donors (Lipinski definition) is 1. The van der Waals surface area contributed by atoms with Gasteiger partial charge < -0.3 is 10.5 Å². The molecule has 1 aliphatic rings. The van der Waals surface area contributed by atoms with E-state index in [1.165, 1.54) is 14.1 Å². The number of carbonyl (C=O) groups is 1. The third-order valence-electron chi connectivity index (χ3n) is 5.16. The van der Waals surface area contributed by atoms with E-state index in [4.69, 9.17) is 22.1 Å². The van der Waals surface area contributed by atoms with Crippen LogP contribution in [0.1, 0.15) is 35.1 Å². The molecule has 1 saturated carbocycles. The Balaban J connectivity index is 1.52. The minimum Gasteiger partial charge on any atom is -0.484 e. The molecule has 32 heavy (non-hydrogen) atoms. The number of para-hydroxylation sites is 1. The van der Waals surface area contributed by atoms with Gasteiger partial charge in [-0.15, -0.1) is 10.2 Å². The molecule has 1 fully saturated rings. The quantitative estimate of drug-likeness (QED) is 0.385. The predicted molar refractivity (Wildman–Crippen MR) is 120 cm³/mol. The summed E-state index contributed by atoms with van der Waals surface area (Å²) in [5.74, 6) is 0.461. The Morgan fingerprint density at radius 1 is 1.22 bits per heavy atom. The van der Waals surface area contributed by atoms with Crippen molar-refractivity contribution in [3.05, 3.63) is 61.5 Å². The third kappa shape index (κ3) is 4.17. The predicted octanol–water partition coefficient (Wildman–Crippen LogP) is 1.80. The first-order valence-corrected chi connectivity index (χ1v) is 11.2. The van der Waals surface area contributed by atoms with Crippen LogP contribution in [0, 0.1) is 0 Å². The summed E-state index contributed by atoms with van der Waals surface area (Å²) in [4.78, 5) is 37.2. The second-order valence-corrected chi connectivity index (χ2v) is 8.75. The molecule has 3 aromatic rings. The van der Waals surface area contributed by atoms with Crippen molar-refractivity contribution in [1.82, 2.24) is 23.9 Å². The minimum absolute atomic E-state index is 0.0755. The molecule has 0 atom stereocenters. The summed E-state index contributed by atoms with van der Waals surface area (Å²) in [6.07, 6.45) is 1.96. The van der Waals surface area contributed by atoms with Gasteiger partial charge >= 0.3 is 5.69 Å². The van der Waals surface area contributed by atoms with E-state index in [0.717, 1.165) is 33.7 Å². The van der Waals surface area contributed by atoms with Gasteiger partial charge in [-0.1, -0.05) is 35.5 Å². The van der Waals surface area contributed by atoms with Crippen LogP contribution in [0.5, 0.6) is 5.75 Å². The van der Waals surface area contributed by atoms with Gasteiger partial charge in [0.2, 0.25) is 0 Å². The van der Waals surface area contributed by atoms with Crippen LogP contribution in [0.15, 0.2) is 39.0 Å². The van der Waals surface area contributed by atoms with E-state index in [-0.39, 0.29) is 29.8 Å². The monoisotopic (exact) mass is 476 g/mol. The second kappa shape index (κ2) is 8.83. The fourth-order valence-corrected chi connectivity index (χ4v) is 4.32. The molecule has 0 aliphatic heterocycles. The largest absolute Gasteiger partial charge is 0.484 e. The number of rotatable bonds is 8. The average molecular weight is 477 g/mol. The van der Waals surface area contributed by atoms with Gasteiger partial charge in [0.05, 0.1) is 10.8 Å². The number of thioether (sulfide) groups is 1. The molecule has 1 aromatic carbocycles. The third-order valence-corrected chi connectivity index (χ3v) is 6.42. The molecule has 2 N–H and O–H groups in total. The summed E-state index contributed by atoms with van der Waals surface area (Å²) in [5, 5.41) is 9.49. The van der Waals surface area contributed by atoms with Crippen LogP contribution in [-0.4, -0.2) is 35.4 Å². The van der Waals surface area contributed by atoms with Gasteiger partial charge in [-0.05, 0) is 25.0 Å². The number of anilines is 1. The van der Waals surface area contributed by atoms with Crippen LogP contribution in [0.2, 0.25) is 5.02 Å². The van der Waals surface area contributed by atoms with Crippen LogP contribution in [0.25, 0.3) is 0 Å². The first-order valence-electron chi connectivity index (χ1n) is 9.82. The highest BCUT2D eigenvalue weighted by Crippen LogP contribution is 2.39. The zero-order valence-corrected chi connectivity index (χ0v) is 19.0. The molecule has 0 saturated heterocycles. The van der Waals surface area contributed by atoms with Crippen LogP contribution < -0.4 is 21.7 Å². The topological polar surface area (TPSA) is 127 Å². The van der Waals surface area contributed by atoms with Gasteiger partial charge in [-0.25, -0.2) is 4.79 Å². The van der Waals surface area contributed by atoms with Gasteiger partial charge in [0.15, 0.2) is 16.8 Å². The number of nitrogens with zero attached hydrogens (tertiary/aromatic N) is 5. The number of ketones is 1. The van der Waals surface area contributed by atoms with Gasteiger partial charge in [0.1, 0.15) is 23.7 Å². The van der Waals surface area contributed by atoms with Crippen molar-refractivity contribution in [2.24, 2.45) is 14.1 Å². The van der Waals surface area contributed by atoms with Crippen molar-refractivity contribution in [2.45, 2.75) is 30.6 Å². The summed E-state index contributed by atoms with van der Waals surface area (Å²) < 4.78 is 9.70. The molecule has 0 radical (unpaired) electrons. The molecule has 0 unspecified atom stereocenters. The standard InChI is InChI=1S/C20H21ClN6O4S/c1-25-17(22)16(18(29)26(2)20(25)30)13(28)10-32-19-24-23-15(27(19)11-7-8-11)9-31-14-6-4-3-5-12(14)21/h3-6,11H,7-10,22H2,1-2H3. The van der Waals surface area contributed by atoms with E-state index >= 15 is 0 Å². The maximum atomic E-state index is 12.8. The number of hydrogen-bond acceptors (Lipinski definition) is 8. The summed E-state index contributed by atoms with van der Waals surface area (Å²) in [6, 6.07) is 7.40. The molecule has 0 amide bonds. The summed E-state index contributed by atoms with van der Waals surface area (Å²) in [6.45, 7) is 0.177. The second-order valence-electron chi connectivity index (χ2n) is 7.40. The molecule has 168 valence electrons. The van der Waals surface area contributed by atoms with Crippen molar-refractivity contribution in [3.63, 3.8) is 0 Å². The number of carbonyl (C=O) groups excluding carboxylic acids is 1. The highest BCUT2D eigenvalue weighted by atomic mass is 35.5. The molecule has 10 nitrogen and oxygen atoms in total. The number of aromatic nitrogens is 5. The van der Waals surface area contributed by atoms with E-state index in [1.807, 2.05) is 16.7 Å². The average Bonchev–Trinajstić information content (AvgIpc) is 3.54. The summed E-state index contributed by atoms with van der Waals surface area (Å²) >= 11 is 7.31. The Bertz CT molecular complexity index is 1310. The Morgan fingerprint density at radius 3 is 2.62 bits per heavy atom. The first kappa shape index (κ1) is 22.2. The maximum absolute atomic E-state index is 12.8. The van der Waals surface area contributed by atoms with Crippen molar-refractivity contribution >= 4 is 35.0 Å². The fourth-order valence-electron chi connectivity index (χ4n) is 3.23. The molecule has 0 spiro atoms. The smallest absolute Gasteiger partial charge is 0.332 e. The van der Waals surface area contributed by atoms with E-state index in [0.29, 0.717) is 21.8 Å². The number of nitrogen functional groups attached to an aromatic ring is 1. The molecular weight excluding hydrogens is 456 g/mol. The van der Waals surface area contributed by atoms with Crippen LogP contribution in [0.3, 0.4) is 0 Å². The first-order chi connectivity index (χ1) is 15.3. The molecule has 4 rings (SSSR count). The van der Waals surface area contributed by atoms with E-state index < -0.39 is 17.0 Å². The Morgan fingerprint density at radius 2 is 1.94 bits per heavy atom. The van der Waals surface area contributed by atoms with Crippen molar-refractivity contribution < 1.29 is 9.53 Å². The molecule has 2 aromatic heterocycles. The molecule has 1 aliphatic carbocycles. The lowest BCUT2D eigenvalue weighted by Gasteiger charge is -2.12. The fraction of sp³-hybridized carbons (Fsp3) is 0.350. The Kier molecular flexibility index (Phi) is 6.11. The van der Waals surface area contributed by atoms with E-state index in [9.17, 15) is 14.4 Å². The Hall–Kier alpha value is -3.05. The SMILES string of the molecule is Cn1c(N)c(C(=O)CSc2nnc(COc3ccccc3Cl)n2C2CC2)c(=O)n(C)c1=O. The summed E-state index contributed by atoms with van der Waals surface area (Å²) in [7, 11) is 2.72. The maximum Gasteiger partial charge on any atom is 0.332 e. The van der Waals surface area contributed by atoms with Gasteiger partial charge in [0, 0.05) is 20.1 Å². The van der Waals surface area contributed by atoms with E-state index in [2.05, 4.69) is 10.2 Å². The molecule has 2 heterocycles. The van der Waals surface area contributed by atoms with Gasteiger partial charge in [-0.2, -0.15) is 0 Å². The normalized spacial score (nSPS) is 13.3. The number of ether oxygens (including phenoxy) is 1. The van der Waals surface area contributed by atoms with Crippen LogP contribution in [0.4, 0.5) is 5.82 Å².